The minimum Gasteiger partial charge on any atom is -0.377 e. The van der Waals surface area contributed by atoms with E-state index in [2.05, 4.69) is 9.97 Å². The van der Waals surface area contributed by atoms with Gasteiger partial charge in [0.1, 0.15) is 12.1 Å². The van der Waals surface area contributed by atoms with Gasteiger partial charge in [0.25, 0.3) is 0 Å². The molecule has 1 fully saturated rings. The van der Waals surface area contributed by atoms with Crippen molar-refractivity contribution in [3.05, 3.63) is 47.9 Å². The smallest absolute Gasteiger partial charge is 0.377 e. The molecule has 0 amide bonds. The zero-order chi connectivity index (χ0) is 19.7. The third kappa shape index (κ3) is 4.38. The summed E-state index contributed by atoms with van der Waals surface area (Å²) in [5.74, 6) is -0.121. The second-order valence-electron chi connectivity index (χ2n) is 6.24. The third-order valence-corrected chi connectivity index (χ3v) is 5.94. The molecule has 0 saturated carbocycles. The van der Waals surface area contributed by atoms with Crippen molar-refractivity contribution in [3.63, 3.8) is 0 Å². The average molecular weight is 401 g/mol. The van der Waals surface area contributed by atoms with Crippen LogP contribution in [-0.4, -0.2) is 44.2 Å². The standard InChI is InChI=1S/C17H18F3N3O3S/c1-12-9-26-7-6-23(12)16-8-13(21-11-22-16)10-27(24,25)15-5-3-2-4-14(15)17(18,19)20/h2-5,8,11-12H,6-7,9-10H2,1H3/t12-/m0/s1. The van der Waals surface area contributed by atoms with Crippen molar-refractivity contribution in [1.82, 2.24) is 9.97 Å². The maximum absolute atomic E-state index is 13.2. The van der Waals surface area contributed by atoms with Crippen molar-refractivity contribution in [2.24, 2.45) is 0 Å². The lowest BCUT2D eigenvalue weighted by molar-refractivity contribution is -0.139. The number of alkyl halides is 3. The summed E-state index contributed by atoms with van der Waals surface area (Å²) in [6.45, 7) is 3.55. The lowest BCUT2D eigenvalue weighted by Crippen LogP contribution is -2.44. The normalized spacial score (nSPS) is 18.5. The number of hydrogen-bond donors (Lipinski definition) is 0. The molecule has 1 saturated heterocycles. The summed E-state index contributed by atoms with van der Waals surface area (Å²) in [6.07, 6.45) is -3.54. The summed E-state index contributed by atoms with van der Waals surface area (Å²) in [7, 11) is -4.24. The number of ether oxygens (including phenoxy) is 1. The largest absolute Gasteiger partial charge is 0.417 e. The Bertz CT molecular complexity index is 919. The zero-order valence-electron chi connectivity index (χ0n) is 14.5. The van der Waals surface area contributed by atoms with Gasteiger partial charge in [-0.1, -0.05) is 12.1 Å². The second kappa shape index (κ2) is 7.43. The number of nitrogens with zero attached hydrogens (tertiary/aromatic N) is 3. The Balaban J connectivity index is 1.90. The quantitative estimate of drug-likeness (QED) is 0.785. The molecule has 6 nitrogen and oxygen atoms in total. The van der Waals surface area contributed by atoms with Gasteiger partial charge in [0.2, 0.25) is 0 Å². The van der Waals surface area contributed by atoms with Crippen LogP contribution in [0.15, 0.2) is 41.6 Å². The number of sulfone groups is 1. The summed E-state index contributed by atoms with van der Waals surface area (Å²) in [4.78, 5) is 9.29. The van der Waals surface area contributed by atoms with Gasteiger partial charge in [-0.3, -0.25) is 0 Å². The first-order valence-corrected chi connectivity index (χ1v) is 9.88. The Morgan fingerprint density at radius 3 is 2.70 bits per heavy atom. The first kappa shape index (κ1) is 19.6. The molecule has 1 aliphatic heterocycles. The van der Waals surface area contributed by atoms with Gasteiger partial charge in [-0.15, -0.1) is 0 Å². The molecule has 2 aromatic rings. The molecule has 0 N–H and O–H groups in total. The van der Waals surface area contributed by atoms with Crippen molar-refractivity contribution in [2.45, 2.75) is 29.8 Å². The minimum atomic E-state index is -4.76. The molecule has 1 aliphatic rings. The van der Waals surface area contributed by atoms with Gasteiger partial charge in [0.05, 0.1) is 41.2 Å². The Morgan fingerprint density at radius 2 is 2.00 bits per heavy atom. The van der Waals surface area contributed by atoms with Gasteiger partial charge in [-0.2, -0.15) is 13.2 Å². The Hall–Kier alpha value is -2.20. The highest BCUT2D eigenvalue weighted by atomic mass is 32.2. The van der Waals surface area contributed by atoms with Crippen LogP contribution >= 0.6 is 0 Å². The topological polar surface area (TPSA) is 72.4 Å². The van der Waals surface area contributed by atoms with Gasteiger partial charge in [-0.25, -0.2) is 18.4 Å². The van der Waals surface area contributed by atoms with Crippen LogP contribution in [-0.2, 0) is 26.5 Å². The molecule has 0 unspecified atom stereocenters. The van der Waals surface area contributed by atoms with Crippen LogP contribution < -0.4 is 4.90 Å². The maximum Gasteiger partial charge on any atom is 0.417 e. The fraction of sp³-hybridized carbons (Fsp3) is 0.412. The average Bonchev–Trinajstić information content (AvgIpc) is 2.61. The number of anilines is 1. The Morgan fingerprint density at radius 1 is 1.26 bits per heavy atom. The number of morpholine rings is 1. The molecule has 27 heavy (non-hydrogen) atoms. The minimum absolute atomic E-state index is 0.0454. The van der Waals surface area contributed by atoms with E-state index >= 15 is 0 Å². The third-order valence-electron chi connectivity index (χ3n) is 4.24. The van der Waals surface area contributed by atoms with Crippen molar-refractivity contribution in [2.75, 3.05) is 24.7 Å². The molecule has 146 valence electrons. The highest BCUT2D eigenvalue weighted by Crippen LogP contribution is 2.35. The van der Waals surface area contributed by atoms with Gasteiger partial charge < -0.3 is 9.64 Å². The molecule has 1 atom stereocenters. The molecular weight excluding hydrogens is 383 g/mol. The fourth-order valence-corrected chi connectivity index (χ4v) is 4.44. The Labute approximate surface area is 154 Å². The lowest BCUT2D eigenvalue weighted by Gasteiger charge is -2.34. The number of benzene rings is 1. The van der Waals surface area contributed by atoms with Crippen LogP contribution in [0, 0.1) is 0 Å². The van der Waals surface area contributed by atoms with E-state index < -0.39 is 32.2 Å². The van der Waals surface area contributed by atoms with E-state index in [1.54, 1.807) is 0 Å². The molecule has 0 aliphatic carbocycles. The molecule has 10 heteroatoms. The highest BCUT2D eigenvalue weighted by Gasteiger charge is 2.37. The van der Waals surface area contributed by atoms with Crippen LogP contribution in [0.5, 0.6) is 0 Å². The molecule has 2 heterocycles. The number of aromatic nitrogens is 2. The fourth-order valence-electron chi connectivity index (χ4n) is 2.93. The predicted octanol–water partition coefficient (Wildman–Crippen LogP) is 2.69. The zero-order valence-corrected chi connectivity index (χ0v) is 15.3. The number of hydrogen-bond acceptors (Lipinski definition) is 6. The summed E-state index contributed by atoms with van der Waals surface area (Å²) >= 11 is 0. The van der Waals surface area contributed by atoms with Crippen LogP contribution in [0.3, 0.4) is 0 Å². The lowest BCUT2D eigenvalue weighted by atomic mass is 10.2. The SMILES string of the molecule is C[C@H]1COCCN1c1cc(CS(=O)(=O)c2ccccc2C(F)(F)F)ncn1. The first-order chi connectivity index (χ1) is 12.7. The van der Waals surface area contributed by atoms with Crippen LogP contribution in [0.4, 0.5) is 19.0 Å². The highest BCUT2D eigenvalue weighted by molar-refractivity contribution is 7.90. The van der Waals surface area contributed by atoms with E-state index in [1.807, 2.05) is 11.8 Å². The van der Waals surface area contributed by atoms with E-state index in [1.165, 1.54) is 18.5 Å². The summed E-state index contributed by atoms with van der Waals surface area (Å²) < 4.78 is 70.1. The molecule has 1 aromatic carbocycles. The summed E-state index contributed by atoms with van der Waals surface area (Å²) in [5.41, 5.74) is -1.04. The molecule has 1 aromatic heterocycles. The molecule has 0 spiro atoms. The monoisotopic (exact) mass is 401 g/mol. The van der Waals surface area contributed by atoms with E-state index in [-0.39, 0.29) is 11.7 Å². The van der Waals surface area contributed by atoms with Gasteiger partial charge in [0.15, 0.2) is 9.84 Å². The van der Waals surface area contributed by atoms with E-state index in [0.717, 1.165) is 18.2 Å². The van der Waals surface area contributed by atoms with Gasteiger partial charge >= 0.3 is 6.18 Å². The van der Waals surface area contributed by atoms with E-state index in [9.17, 15) is 21.6 Å². The maximum atomic E-state index is 13.2. The first-order valence-electron chi connectivity index (χ1n) is 8.23. The van der Waals surface area contributed by atoms with Crippen molar-refractivity contribution in [3.8, 4) is 0 Å². The number of rotatable bonds is 4. The number of halogens is 3. The summed E-state index contributed by atoms with van der Waals surface area (Å²) in [5, 5.41) is 0. The second-order valence-corrected chi connectivity index (χ2v) is 8.20. The van der Waals surface area contributed by atoms with Crippen LogP contribution in [0.1, 0.15) is 18.2 Å². The molecular formula is C17H18F3N3O3S. The van der Waals surface area contributed by atoms with Gasteiger partial charge in [0, 0.05) is 12.6 Å². The van der Waals surface area contributed by atoms with E-state index in [0.29, 0.717) is 25.6 Å². The van der Waals surface area contributed by atoms with Crippen LogP contribution in [0.25, 0.3) is 0 Å². The van der Waals surface area contributed by atoms with Gasteiger partial charge in [-0.05, 0) is 19.1 Å². The molecule has 3 rings (SSSR count). The van der Waals surface area contributed by atoms with Crippen molar-refractivity contribution < 1.29 is 26.3 Å². The molecule has 0 bridgehead atoms. The van der Waals surface area contributed by atoms with Crippen LogP contribution in [0.2, 0.25) is 0 Å². The van der Waals surface area contributed by atoms with Crippen molar-refractivity contribution in [1.29, 1.82) is 0 Å². The summed E-state index contributed by atoms with van der Waals surface area (Å²) in [6, 6.07) is 5.69. The van der Waals surface area contributed by atoms with Crippen molar-refractivity contribution >= 4 is 15.7 Å². The Kier molecular flexibility index (Phi) is 5.38. The molecule has 0 radical (unpaired) electrons. The predicted molar refractivity (Wildman–Crippen MR) is 92.0 cm³/mol. The van der Waals surface area contributed by atoms with E-state index in [4.69, 9.17) is 4.74 Å².